The van der Waals surface area contributed by atoms with Crippen molar-refractivity contribution in [1.29, 1.82) is 0 Å². The molecular weight excluding hydrogens is 328 g/mol. The molecule has 0 amide bonds. The summed E-state index contributed by atoms with van der Waals surface area (Å²) < 4.78 is 6.62. The fraction of sp³-hybridized carbons (Fsp3) is 0.647. The molecule has 0 aromatic heterocycles. The van der Waals surface area contributed by atoms with Gasteiger partial charge >= 0.3 is 0 Å². The van der Waals surface area contributed by atoms with Crippen molar-refractivity contribution in [1.82, 2.24) is 5.32 Å². The summed E-state index contributed by atoms with van der Waals surface area (Å²) in [6.07, 6.45) is 2.36. The first-order chi connectivity index (χ1) is 10.1. The van der Waals surface area contributed by atoms with Crippen molar-refractivity contribution in [2.24, 2.45) is 5.92 Å². The van der Waals surface area contributed by atoms with Crippen molar-refractivity contribution in [3.05, 3.63) is 28.2 Å². The second kappa shape index (κ2) is 8.16. The summed E-state index contributed by atoms with van der Waals surface area (Å²) >= 11 is 3.74. The van der Waals surface area contributed by atoms with Crippen LogP contribution in [0.15, 0.2) is 22.7 Å². The highest BCUT2D eigenvalue weighted by Crippen LogP contribution is 2.30. The number of ether oxygens (including phenoxy) is 1. The number of nitrogens with zero attached hydrogens (tertiary/aromatic N) is 1. The second-order valence-electron chi connectivity index (χ2n) is 5.93. The lowest BCUT2D eigenvalue weighted by atomic mass is 9.99. The van der Waals surface area contributed by atoms with Crippen LogP contribution in [-0.2, 0) is 4.74 Å². The molecule has 118 valence electrons. The molecule has 1 aromatic rings. The topological polar surface area (TPSA) is 24.5 Å². The number of hydrogen-bond acceptors (Lipinski definition) is 3. The van der Waals surface area contributed by atoms with E-state index in [1.54, 1.807) is 0 Å². The van der Waals surface area contributed by atoms with Crippen molar-refractivity contribution in [3.63, 3.8) is 0 Å². The number of hydrogen-bond donors (Lipinski definition) is 1. The predicted molar refractivity (Wildman–Crippen MR) is 93.0 cm³/mol. The Labute approximate surface area is 137 Å². The molecule has 1 saturated heterocycles. The molecular formula is C17H27BrN2O. The molecule has 1 heterocycles. The lowest BCUT2D eigenvalue weighted by Gasteiger charge is -2.29. The molecule has 1 aliphatic heterocycles. The van der Waals surface area contributed by atoms with Gasteiger partial charge in [-0.2, -0.15) is 0 Å². The summed E-state index contributed by atoms with van der Waals surface area (Å²) in [6.45, 7) is 8.27. The molecule has 0 radical (unpaired) electrons. The molecule has 0 aliphatic carbocycles. The van der Waals surface area contributed by atoms with Gasteiger partial charge in [0, 0.05) is 37.3 Å². The Bertz CT molecular complexity index is 446. The predicted octanol–water partition coefficient (Wildman–Crippen LogP) is 3.98. The standard InChI is InChI=1S/C17H27BrN2O/c1-4-19-13(2)15-5-6-17(16(18)11-15)20(3)12-14-7-9-21-10-8-14/h5-6,11,13-14,19H,4,7-10,12H2,1-3H3. The molecule has 1 N–H and O–H groups in total. The van der Waals surface area contributed by atoms with Gasteiger partial charge in [-0.25, -0.2) is 0 Å². The van der Waals surface area contributed by atoms with E-state index in [1.807, 2.05) is 0 Å². The molecule has 1 aromatic carbocycles. The number of nitrogens with one attached hydrogen (secondary N) is 1. The van der Waals surface area contributed by atoms with E-state index in [0.29, 0.717) is 6.04 Å². The average molecular weight is 355 g/mol. The lowest BCUT2D eigenvalue weighted by molar-refractivity contribution is 0.0685. The highest BCUT2D eigenvalue weighted by Gasteiger charge is 2.17. The van der Waals surface area contributed by atoms with Gasteiger partial charge in [-0.1, -0.05) is 13.0 Å². The average Bonchev–Trinajstić information content (AvgIpc) is 2.48. The highest BCUT2D eigenvalue weighted by atomic mass is 79.9. The molecule has 1 unspecified atom stereocenters. The molecule has 3 nitrogen and oxygen atoms in total. The Morgan fingerprint density at radius 3 is 2.71 bits per heavy atom. The summed E-state index contributed by atoms with van der Waals surface area (Å²) in [6, 6.07) is 7.09. The van der Waals surface area contributed by atoms with Crippen LogP contribution in [0.2, 0.25) is 0 Å². The van der Waals surface area contributed by atoms with Crippen molar-refractivity contribution in [2.45, 2.75) is 32.7 Å². The van der Waals surface area contributed by atoms with E-state index in [4.69, 9.17) is 4.74 Å². The van der Waals surface area contributed by atoms with Crippen LogP contribution < -0.4 is 10.2 Å². The third kappa shape index (κ3) is 4.70. The maximum atomic E-state index is 5.44. The monoisotopic (exact) mass is 354 g/mol. The van der Waals surface area contributed by atoms with E-state index in [0.717, 1.165) is 32.2 Å². The summed E-state index contributed by atoms with van der Waals surface area (Å²) in [7, 11) is 2.18. The van der Waals surface area contributed by atoms with E-state index >= 15 is 0 Å². The minimum absolute atomic E-state index is 0.390. The number of benzene rings is 1. The first-order valence-corrected chi connectivity index (χ1v) is 8.72. The van der Waals surface area contributed by atoms with Gasteiger partial charge in [0.05, 0.1) is 5.69 Å². The molecule has 1 aliphatic rings. The summed E-state index contributed by atoms with van der Waals surface area (Å²) in [5.41, 5.74) is 2.60. The molecule has 1 atom stereocenters. The lowest BCUT2D eigenvalue weighted by Crippen LogP contribution is -2.29. The van der Waals surface area contributed by atoms with E-state index in [2.05, 4.69) is 65.2 Å². The zero-order chi connectivity index (χ0) is 15.2. The number of halogens is 1. The molecule has 4 heteroatoms. The van der Waals surface area contributed by atoms with Gasteiger partial charge in [0.2, 0.25) is 0 Å². The van der Waals surface area contributed by atoms with Crippen LogP contribution >= 0.6 is 15.9 Å². The zero-order valence-electron chi connectivity index (χ0n) is 13.4. The van der Waals surface area contributed by atoms with Crippen molar-refractivity contribution < 1.29 is 4.74 Å². The Morgan fingerprint density at radius 1 is 1.38 bits per heavy atom. The van der Waals surface area contributed by atoms with E-state index in [1.165, 1.54) is 28.6 Å². The Morgan fingerprint density at radius 2 is 2.10 bits per heavy atom. The largest absolute Gasteiger partial charge is 0.381 e. The van der Waals surface area contributed by atoms with Crippen LogP contribution in [0.5, 0.6) is 0 Å². The summed E-state index contributed by atoms with van der Waals surface area (Å²) in [4.78, 5) is 2.36. The molecule has 0 spiro atoms. The highest BCUT2D eigenvalue weighted by molar-refractivity contribution is 9.10. The van der Waals surface area contributed by atoms with Crippen LogP contribution in [0, 0.1) is 5.92 Å². The van der Waals surface area contributed by atoms with E-state index in [-0.39, 0.29) is 0 Å². The molecule has 1 fully saturated rings. The minimum Gasteiger partial charge on any atom is -0.381 e. The summed E-state index contributed by atoms with van der Waals surface area (Å²) in [5.74, 6) is 0.746. The second-order valence-corrected chi connectivity index (χ2v) is 6.78. The minimum atomic E-state index is 0.390. The SMILES string of the molecule is CCNC(C)c1ccc(N(C)CC2CCOCC2)c(Br)c1. The maximum Gasteiger partial charge on any atom is 0.0508 e. The van der Waals surface area contributed by atoms with Gasteiger partial charge in [-0.3, -0.25) is 0 Å². The van der Waals surface area contributed by atoms with Crippen LogP contribution in [0.3, 0.4) is 0 Å². The zero-order valence-corrected chi connectivity index (χ0v) is 14.9. The Balaban J connectivity index is 2.01. The van der Waals surface area contributed by atoms with Gasteiger partial charge in [0.25, 0.3) is 0 Å². The van der Waals surface area contributed by atoms with E-state index < -0.39 is 0 Å². The third-order valence-electron chi connectivity index (χ3n) is 4.27. The fourth-order valence-electron chi connectivity index (χ4n) is 2.94. The fourth-order valence-corrected chi connectivity index (χ4v) is 3.64. The van der Waals surface area contributed by atoms with Gasteiger partial charge in [-0.15, -0.1) is 0 Å². The quantitative estimate of drug-likeness (QED) is 0.835. The Kier molecular flexibility index (Phi) is 6.52. The molecule has 2 rings (SSSR count). The maximum absolute atomic E-state index is 5.44. The van der Waals surface area contributed by atoms with Crippen molar-refractivity contribution in [2.75, 3.05) is 38.3 Å². The van der Waals surface area contributed by atoms with E-state index in [9.17, 15) is 0 Å². The molecule has 0 saturated carbocycles. The third-order valence-corrected chi connectivity index (χ3v) is 4.90. The van der Waals surface area contributed by atoms with Crippen molar-refractivity contribution in [3.8, 4) is 0 Å². The molecule has 0 bridgehead atoms. The van der Waals surface area contributed by atoms with Crippen LogP contribution in [0.25, 0.3) is 0 Å². The van der Waals surface area contributed by atoms with Crippen LogP contribution in [-0.4, -0.2) is 33.4 Å². The molecule has 21 heavy (non-hydrogen) atoms. The Hall–Kier alpha value is -0.580. The normalized spacial score (nSPS) is 17.7. The van der Waals surface area contributed by atoms with Gasteiger partial charge in [-0.05, 0) is 65.9 Å². The smallest absolute Gasteiger partial charge is 0.0508 e. The van der Waals surface area contributed by atoms with Crippen molar-refractivity contribution >= 4 is 21.6 Å². The summed E-state index contributed by atoms with van der Waals surface area (Å²) in [5, 5.41) is 3.46. The van der Waals surface area contributed by atoms with Crippen LogP contribution in [0.4, 0.5) is 5.69 Å². The number of anilines is 1. The van der Waals surface area contributed by atoms with Gasteiger partial charge < -0.3 is 15.0 Å². The number of rotatable bonds is 6. The first-order valence-electron chi connectivity index (χ1n) is 7.93. The van der Waals surface area contributed by atoms with Gasteiger partial charge in [0.1, 0.15) is 0 Å². The van der Waals surface area contributed by atoms with Crippen LogP contribution in [0.1, 0.15) is 38.3 Å². The first kappa shape index (κ1) is 16.8. The van der Waals surface area contributed by atoms with Gasteiger partial charge in [0.15, 0.2) is 0 Å².